The summed E-state index contributed by atoms with van der Waals surface area (Å²) in [4.78, 5) is 6.98. The van der Waals surface area contributed by atoms with Crippen LogP contribution in [0.2, 0.25) is 0 Å². The molecule has 3 nitrogen and oxygen atoms in total. The topological polar surface area (TPSA) is 21.1 Å². The summed E-state index contributed by atoms with van der Waals surface area (Å²) in [5.74, 6) is 0. The maximum atomic E-state index is 4.57. The molecule has 0 radical (unpaired) electrons. The van der Waals surface area contributed by atoms with Crippen LogP contribution in [0.4, 0.5) is 17.1 Å². The Morgan fingerprint density at radius 1 is 0.535 bits per heavy atom. The first-order valence-corrected chi connectivity index (χ1v) is 14.7. The van der Waals surface area contributed by atoms with Crippen molar-refractivity contribution in [2.45, 2.75) is 6.92 Å². The highest BCUT2D eigenvalue weighted by Gasteiger charge is 2.28. The number of hydrogen-bond donors (Lipinski definition) is 0. The van der Waals surface area contributed by atoms with E-state index in [0.717, 1.165) is 17.1 Å². The van der Waals surface area contributed by atoms with Crippen LogP contribution in [0.3, 0.4) is 0 Å². The Balaban J connectivity index is 1.44. The van der Waals surface area contributed by atoms with Crippen molar-refractivity contribution in [2.75, 3.05) is 4.90 Å². The summed E-state index contributed by atoms with van der Waals surface area (Å²) in [5, 5.41) is 5.01. The molecule has 1 aliphatic heterocycles. The molecule has 0 N–H and O–H groups in total. The monoisotopic (exact) mass is 549 g/mol. The van der Waals surface area contributed by atoms with E-state index in [9.17, 15) is 0 Å². The third-order valence-electron chi connectivity index (χ3n) is 8.91. The predicted octanol–water partition coefficient (Wildman–Crippen LogP) is 10.8. The molecule has 202 valence electrons. The SMILES string of the molecule is Cc1ccncc1N1c2cc3c(cc2-c2cccc4cccc1c24)c1cc(-c2ccccc2)ccc1n3-c1ccccc1. The Labute approximate surface area is 249 Å². The number of para-hydroxylation sites is 1. The molecule has 9 rings (SSSR count). The van der Waals surface area contributed by atoms with Crippen LogP contribution in [0.25, 0.3) is 60.5 Å². The number of benzene rings is 6. The zero-order valence-corrected chi connectivity index (χ0v) is 23.7. The second-order valence-corrected chi connectivity index (χ2v) is 11.3. The lowest BCUT2D eigenvalue weighted by atomic mass is 9.89. The van der Waals surface area contributed by atoms with Crippen LogP contribution < -0.4 is 4.90 Å². The molecule has 3 heteroatoms. The normalized spacial score (nSPS) is 12.3. The highest BCUT2D eigenvalue weighted by molar-refractivity contribution is 6.19. The maximum absolute atomic E-state index is 4.57. The van der Waals surface area contributed by atoms with Gasteiger partial charge in [0.15, 0.2) is 0 Å². The van der Waals surface area contributed by atoms with Crippen molar-refractivity contribution in [1.82, 2.24) is 9.55 Å². The summed E-state index contributed by atoms with van der Waals surface area (Å²) in [6.07, 6.45) is 3.87. The molecule has 1 aliphatic rings. The molecule has 0 bridgehead atoms. The number of anilines is 3. The average Bonchev–Trinajstić information content (AvgIpc) is 3.38. The lowest BCUT2D eigenvalue weighted by molar-refractivity contribution is 1.17. The summed E-state index contributed by atoms with van der Waals surface area (Å²) < 4.78 is 2.41. The number of fused-ring (bicyclic) bond motifs is 5. The van der Waals surface area contributed by atoms with Crippen LogP contribution in [0.5, 0.6) is 0 Å². The van der Waals surface area contributed by atoms with E-state index < -0.39 is 0 Å². The van der Waals surface area contributed by atoms with Gasteiger partial charge in [-0.3, -0.25) is 4.98 Å². The Bertz CT molecular complexity index is 2350. The molecule has 3 heterocycles. The molecular formula is C40H27N3. The largest absolute Gasteiger partial charge is 0.309 e. The van der Waals surface area contributed by atoms with Gasteiger partial charge in [-0.05, 0) is 83.1 Å². The molecule has 2 aromatic heterocycles. The van der Waals surface area contributed by atoms with Gasteiger partial charge >= 0.3 is 0 Å². The van der Waals surface area contributed by atoms with E-state index in [1.54, 1.807) is 0 Å². The molecule has 0 amide bonds. The standard InChI is InChI=1S/C40H27N3/c1-26-20-21-41-25-39(26)43-36-17-9-13-28-12-8-16-31(40(28)36)33-23-34-32-22-29(27-10-4-2-5-11-27)18-19-35(32)42(37(34)24-38(33)43)30-14-6-3-7-15-30/h2-25H,1H3. The highest BCUT2D eigenvalue weighted by Crippen LogP contribution is 2.53. The fraction of sp³-hybridized carbons (Fsp3) is 0.0250. The first kappa shape index (κ1) is 24.0. The van der Waals surface area contributed by atoms with Crippen molar-refractivity contribution in [3.05, 3.63) is 151 Å². The predicted molar refractivity (Wildman–Crippen MR) is 180 cm³/mol. The van der Waals surface area contributed by atoms with Crippen LogP contribution in [-0.4, -0.2) is 9.55 Å². The van der Waals surface area contributed by atoms with Crippen LogP contribution in [0.15, 0.2) is 146 Å². The van der Waals surface area contributed by atoms with Gasteiger partial charge in [0.2, 0.25) is 0 Å². The van der Waals surface area contributed by atoms with Crippen molar-refractivity contribution < 1.29 is 0 Å². The van der Waals surface area contributed by atoms with E-state index in [4.69, 9.17) is 0 Å². The Morgan fingerprint density at radius 2 is 1.30 bits per heavy atom. The van der Waals surface area contributed by atoms with Gasteiger partial charge in [-0.1, -0.05) is 84.9 Å². The summed E-state index contributed by atoms with van der Waals surface area (Å²) in [5.41, 5.74) is 13.1. The van der Waals surface area contributed by atoms with Gasteiger partial charge in [-0.25, -0.2) is 0 Å². The first-order valence-electron chi connectivity index (χ1n) is 14.7. The van der Waals surface area contributed by atoms with Crippen molar-refractivity contribution in [3.63, 3.8) is 0 Å². The molecule has 8 aromatic rings. The molecule has 0 saturated heterocycles. The second-order valence-electron chi connectivity index (χ2n) is 11.3. The quantitative estimate of drug-likeness (QED) is 0.219. The van der Waals surface area contributed by atoms with E-state index in [1.165, 1.54) is 66.1 Å². The van der Waals surface area contributed by atoms with Gasteiger partial charge in [0.05, 0.1) is 34.3 Å². The van der Waals surface area contributed by atoms with Gasteiger partial charge < -0.3 is 9.47 Å². The Kier molecular flexibility index (Phi) is 5.11. The number of aromatic nitrogens is 2. The van der Waals surface area contributed by atoms with Crippen LogP contribution in [0, 0.1) is 6.92 Å². The second kappa shape index (κ2) is 9.17. The lowest BCUT2D eigenvalue weighted by Crippen LogP contribution is -2.16. The van der Waals surface area contributed by atoms with E-state index in [2.05, 4.69) is 155 Å². The summed E-state index contributed by atoms with van der Waals surface area (Å²) in [6, 6.07) is 48.5. The van der Waals surface area contributed by atoms with E-state index in [0.29, 0.717) is 0 Å². The minimum absolute atomic E-state index is 1.10. The summed E-state index contributed by atoms with van der Waals surface area (Å²) in [7, 11) is 0. The third kappa shape index (κ3) is 3.52. The van der Waals surface area contributed by atoms with Gasteiger partial charge in [0, 0.05) is 33.6 Å². The molecule has 0 fully saturated rings. The van der Waals surface area contributed by atoms with Gasteiger partial charge in [-0.2, -0.15) is 0 Å². The van der Waals surface area contributed by atoms with Gasteiger partial charge in [-0.15, -0.1) is 0 Å². The highest BCUT2D eigenvalue weighted by atomic mass is 15.2. The van der Waals surface area contributed by atoms with Crippen LogP contribution in [-0.2, 0) is 0 Å². The lowest BCUT2D eigenvalue weighted by Gasteiger charge is -2.34. The third-order valence-corrected chi connectivity index (χ3v) is 8.91. The average molecular weight is 550 g/mol. The Morgan fingerprint density at radius 3 is 2.12 bits per heavy atom. The van der Waals surface area contributed by atoms with Crippen molar-refractivity contribution in [2.24, 2.45) is 0 Å². The minimum Gasteiger partial charge on any atom is -0.309 e. The number of pyridine rings is 1. The van der Waals surface area contributed by atoms with E-state index in [1.807, 2.05) is 12.4 Å². The molecule has 6 aromatic carbocycles. The van der Waals surface area contributed by atoms with Gasteiger partial charge in [0.25, 0.3) is 0 Å². The number of hydrogen-bond acceptors (Lipinski definition) is 2. The molecule has 0 aliphatic carbocycles. The molecule has 0 atom stereocenters. The molecule has 43 heavy (non-hydrogen) atoms. The zero-order chi connectivity index (χ0) is 28.5. The minimum atomic E-state index is 1.10. The van der Waals surface area contributed by atoms with Gasteiger partial charge in [0.1, 0.15) is 0 Å². The maximum Gasteiger partial charge on any atom is 0.0674 e. The van der Waals surface area contributed by atoms with Crippen LogP contribution >= 0.6 is 0 Å². The number of nitrogens with zero attached hydrogens (tertiary/aromatic N) is 3. The Hall–Kier alpha value is -5.67. The zero-order valence-electron chi connectivity index (χ0n) is 23.7. The molecule has 0 spiro atoms. The summed E-state index contributed by atoms with van der Waals surface area (Å²) in [6.45, 7) is 2.17. The fourth-order valence-electron chi connectivity index (χ4n) is 6.93. The van der Waals surface area contributed by atoms with Crippen molar-refractivity contribution in [1.29, 1.82) is 0 Å². The first-order chi connectivity index (χ1) is 21.3. The van der Waals surface area contributed by atoms with E-state index in [-0.39, 0.29) is 0 Å². The molecular weight excluding hydrogens is 522 g/mol. The van der Waals surface area contributed by atoms with Crippen molar-refractivity contribution >= 4 is 49.6 Å². The fourth-order valence-corrected chi connectivity index (χ4v) is 6.93. The molecule has 0 unspecified atom stereocenters. The molecule has 0 saturated carbocycles. The summed E-state index contributed by atoms with van der Waals surface area (Å²) >= 11 is 0. The van der Waals surface area contributed by atoms with Crippen LogP contribution in [0.1, 0.15) is 5.56 Å². The van der Waals surface area contributed by atoms with Crippen molar-refractivity contribution in [3.8, 4) is 27.9 Å². The number of rotatable bonds is 3. The smallest absolute Gasteiger partial charge is 0.0674 e. The number of aryl methyl sites for hydroxylation is 1. The van der Waals surface area contributed by atoms with E-state index >= 15 is 0 Å².